The van der Waals surface area contributed by atoms with E-state index in [1.807, 2.05) is 26.0 Å². The monoisotopic (exact) mass is 524 g/mol. The summed E-state index contributed by atoms with van der Waals surface area (Å²) in [6, 6.07) is 5.54. The summed E-state index contributed by atoms with van der Waals surface area (Å²) in [6.45, 7) is 7.17. The Bertz CT molecular complexity index is 1300. The molecule has 0 saturated carbocycles. The highest BCUT2D eigenvalue weighted by Crippen LogP contribution is 2.23. The molecule has 11 heteroatoms. The Morgan fingerprint density at radius 3 is 2.68 bits per heavy atom. The van der Waals surface area contributed by atoms with Gasteiger partial charge in [-0.25, -0.2) is 15.0 Å². The average Bonchev–Trinajstić information content (AvgIpc) is 3.40. The van der Waals surface area contributed by atoms with Gasteiger partial charge in [0.05, 0.1) is 31.9 Å². The molecule has 4 heterocycles. The van der Waals surface area contributed by atoms with Crippen LogP contribution in [0.4, 0.5) is 5.82 Å². The number of aromatic nitrogens is 4. The van der Waals surface area contributed by atoms with Crippen LogP contribution in [0.15, 0.2) is 35.4 Å². The number of rotatable bonds is 12. The number of methoxy groups -OCH3 is 1. The number of carbonyl (C=O) groups excluding carboxylic acids is 1. The van der Waals surface area contributed by atoms with Crippen LogP contribution in [0.1, 0.15) is 26.7 Å². The molecule has 1 aliphatic rings. The van der Waals surface area contributed by atoms with Gasteiger partial charge in [-0.2, -0.15) is 0 Å². The van der Waals surface area contributed by atoms with Crippen molar-refractivity contribution < 1.29 is 19.0 Å². The van der Waals surface area contributed by atoms with Crippen molar-refractivity contribution in [3.8, 4) is 17.0 Å². The zero-order chi connectivity index (χ0) is 27.1. The maximum atomic E-state index is 13.7. The third kappa shape index (κ3) is 6.28. The molecule has 204 valence electrons. The molecule has 0 spiro atoms. The fraction of sp³-hybridized carbons (Fsp3) is 0.519. The van der Waals surface area contributed by atoms with Crippen LogP contribution in [0, 0.1) is 0 Å². The third-order valence-electron chi connectivity index (χ3n) is 6.51. The van der Waals surface area contributed by atoms with Crippen LogP contribution in [0.25, 0.3) is 22.3 Å². The Morgan fingerprint density at radius 1 is 1.16 bits per heavy atom. The molecule has 1 aliphatic heterocycles. The molecule has 0 aliphatic carbocycles. The number of fused-ring (bicyclic) bond motifs is 1. The number of amides is 1. The lowest BCUT2D eigenvalue weighted by atomic mass is 10.1. The predicted octanol–water partition coefficient (Wildman–Crippen LogP) is 2.36. The highest BCUT2D eigenvalue weighted by atomic mass is 16.5. The summed E-state index contributed by atoms with van der Waals surface area (Å²) in [5.74, 6) is 0.621. The van der Waals surface area contributed by atoms with E-state index in [1.54, 1.807) is 47.0 Å². The van der Waals surface area contributed by atoms with Crippen LogP contribution >= 0.6 is 0 Å². The molecule has 11 nitrogen and oxygen atoms in total. The molecule has 3 aromatic rings. The van der Waals surface area contributed by atoms with Gasteiger partial charge in [-0.3, -0.25) is 14.2 Å². The van der Waals surface area contributed by atoms with Gasteiger partial charge < -0.3 is 24.0 Å². The number of hydrogen-bond acceptors (Lipinski definition) is 9. The average molecular weight is 525 g/mol. The Labute approximate surface area is 222 Å². The maximum Gasteiger partial charge on any atom is 0.294 e. The normalized spacial score (nSPS) is 15.3. The van der Waals surface area contributed by atoms with Crippen LogP contribution in [0.2, 0.25) is 0 Å². The van der Waals surface area contributed by atoms with Crippen LogP contribution in [-0.4, -0.2) is 90.0 Å². The van der Waals surface area contributed by atoms with E-state index >= 15 is 0 Å². The maximum absolute atomic E-state index is 13.7. The van der Waals surface area contributed by atoms with E-state index in [0.29, 0.717) is 56.5 Å². The molecule has 3 aromatic heterocycles. The fourth-order valence-electron chi connectivity index (χ4n) is 4.52. The molecule has 0 radical (unpaired) electrons. The highest BCUT2D eigenvalue weighted by molar-refractivity contribution is 5.82. The number of likely N-dealkylation sites (tertiary alicyclic amines) is 1. The first kappa shape index (κ1) is 27.5. The number of hydrogen-bond donors (Lipinski definition) is 0. The summed E-state index contributed by atoms with van der Waals surface area (Å²) >= 11 is 0. The van der Waals surface area contributed by atoms with Crippen molar-refractivity contribution in [2.45, 2.75) is 39.3 Å². The summed E-state index contributed by atoms with van der Waals surface area (Å²) in [6.07, 6.45) is 5.17. The molecule has 1 saturated heterocycles. The van der Waals surface area contributed by atoms with Gasteiger partial charge >= 0.3 is 0 Å². The van der Waals surface area contributed by atoms with Gasteiger partial charge in [0.1, 0.15) is 0 Å². The summed E-state index contributed by atoms with van der Waals surface area (Å²) in [5.41, 5.74) is 2.34. The third-order valence-corrected chi connectivity index (χ3v) is 6.51. The Kier molecular flexibility index (Phi) is 9.24. The Hall–Kier alpha value is -3.57. The minimum absolute atomic E-state index is 0.0362. The quantitative estimate of drug-likeness (QED) is 0.330. The van der Waals surface area contributed by atoms with Crippen molar-refractivity contribution in [2.24, 2.45) is 0 Å². The van der Waals surface area contributed by atoms with Crippen LogP contribution < -0.4 is 15.2 Å². The van der Waals surface area contributed by atoms with Gasteiger partial charge in [0, 0.05) is 69.5 Å². The van der Waals surface area contributed by atoms with Gasteiger partial charge in [0.2, 0.25) is 11.8 Å². The molecule has 0 bridgehead atoms. The fourth-order valence-corrected chi connectivity index (χ4v) is 4.52. The molecule has 4 rings (SSSR count). The largest absolute Gasteiger partial charge is 0.481 e. The van der Waals surface area contributed by atoms with Crippen molar-refractivity contribution >= 4 is 22.9 Å². The van der Waals surface area contributed by atoms with E-state index in [-0.39, 0.29) is 29.9 Å². The van der Waals surface area contributed by atoms with Crippen molar-refractivity contribution in [1.82, 2.24) is 24.4 Å². The first-order chi connectivity index (χ1) is 18.4. The van der Waals surface area contributed by atoms with E-state index in [2.05, 4.69) is 15.0 Å². The molecule has 1 fully saturated rings. The van der Waals surface area contributed by atoms with Gasteiger partial charge in [0.15, 0.2) is 11.5 Å². The summed E-state index contributed by atoms with van der Waals surface area (Å²) < 4.78 is 18.1. The van der Waals surface area contributed by atoms with Crippen LogP contribution in [0.5, 0.6) is 5.88 Å². The first-order valence-corrected chi connectivity index (χ1v) is 13.0. The first-order valence-electron chi connectivity index (χ1n) is 13.0. The zero-order valence-electron chi connectivity index (χ0n) is 22.6. The number of anilines is 1. The topological polar surface area (TPSA) is 112 Å². The van der Waals surface area contributed by atoms with Gasteiger partial charge in [0.25, 0.3) is 5.56 Å². The highest BCUT2D eigenvalue weighted by Gasteiger charge is 2.28. The molecule has 38 heavy (non-hydrogen) atoms. The minimum atomic E-state index is -0.298. The zero-order valence-corrected chi connectivity index (χ0v) is 22.6. The molecular weight excluding hydrogens is 488 g/mol. The van der Waals surface area contributed by atoms with Crippen molar-refractivity contribution in [2.75, 3.05) is 58.5 Å². The Balaban J connectivity index is 1.64. The number of pyridine rings is 2. The van der Waals surface area contributed by atoms with Crippen molar-refractivity contribution in [3.63, 3.8) is 0 Å². The number of nitrogens with zero attached hydrogens (tertiary/aromatic N) is 6. The standard InChI is InChI=1S/C27H36N6O5/c1-5-12-37-13-11-33-22-14-20(19-7-8-23(36-4)28-15-19)16-29-25(22)30-26(27(33)35)31(3)18-24(34)32-10-9-21(17-32)38-6-2/h7-8,14-16,21H,5-6,9-13,17-18H2,1-4H3/t21-/m1/s1. The van der Waals surface area contributed by atoms with E-state index in [1.165, 1.54) is 0 Å². The SMILES string of the molecule is CCCOCCn1c(=O)c(N(C)CC(=O)N2CC[C@@H](OCC)C2)nc2ncc(-c3ccc(OC)nc3)cc21. The molecule has 0 aromatic carbocycles. The lowest BCUT2D eigenvalue weighted by Gasteiger charge is -2.23. The molecule has 0 unspecified atom stereocenters. The van der Waals surface area contributed by atoms with Crippen molar-refractivity contribution in [3.05, 3.63) is 40.9 Å². The predicted molar refractivity (Wildman–Crippen MR) is 145 cm³/mol. The van der Waals surface area contributed by atoms with E-state index < -0.39 is 0 Å². The smallest absolute Gasteiger partial charge is 0.294 e. The van der Waals surface area contributed by atoms with E-state index in [9.17, 15) is 9.59 Å². The lowest BCUT2D eigenvalue weighted by Crippen LogP contribution is -2.41. The molecular formula is C27H36N6O5. The van der Waals surface area contributed by atoms with E-state index in [0.717, 1.165) is 24.0 Å². The van der Waals surface area contributed by atoms with Crippen LogP contribution in [0.3, 0.4) is 0 Å². The van der Waals surface area contributed by atoms with Crippen molar-refractivity contribution in [1.29, 1.82) is 0 Å². The molecule has 0 N–H and O–H groups in total. The number of ether oxygens (including phenoxy) is 3. The minimum Gasteiger partial charge on any atom is -0.481 e. The number of carbonyl (C=O) groups is 1. The van der Waals surface area contributed by atoms with Gasteiger partial charge in [-0.05, 0) is 31.9 Å². The van der Waals surface area contributed by atoms with Gasteiger partial charge in [-0.1, -0.05) is 6.92 Å². The summed E-state index contributed by atoms with van der Waals surface area (Å²) in [7, 11) is 3.27. The molecule has 1 amide bonds. The lowest BCUT2D eigenvalue weighted by molar-refractivity contribution is -0.129. The second-order valence-corrected chi connectivity index (χ2v) is 9.22. The number of likely N-dealkylation sites (N-methyl/N-ethyl adjacent to an activating group) is 1. The molecule has 1 atom stereocenters. The van der Waals surface area contributed by atoms with Crippen LogP contribution in [-0.2, 0) is 20.8 Å². The summed E-state index contributed by atoms with van der Waals surface area (Å²) in [4.78, 5) is 43.4. The second kappa shape index (κ2) is 12.8. The summed E-state index contributed by atoms with van der Waals surface area (Å²) in [5, 5.41) is 0. The Morgan fingerprint density at radius 2 is 1.97 bits per heavy atom. The van der Waals surface area contributed by atoms with Gasteiger partial charge in [-0.15, -0.1) is 0 Å². The second-order valence-electron chi connectivity index (χ2n) is 9.22. The van der Waals surface area contributed by atoms with E-state index in [4.69, 9.17) is 14.2 Å².